The monoisotopic (exact) mass is 250 g/mol. The second-order valence-corrected chi connectivity index (χ2v) is 5.64. The number of hydrogen-bond acceptors (Lipinski definition) is 3. The molecule has 0 bridgehead atoms. The third-order valence-corrected chi connectivity index (χ3v) is 4.20. The lowest BCUT2D eigenvalue weighted by Gasteiger charge is -2.35. The number of anilines is 1. The Hall–Kier alpha value is -1.03. The van der Waals surface area contributed by atoms with Gasteiger partial charge in [0, 0.05) is 25.0 Å². The van der Waals surface area contributed by atoms with E-state index in [1.165, 1.54) is 18.7 Å². The molecule has 0 aromatic carbocycles. The summed E-state index contributed by atoms with van der Waals surface area (Å²) in [4.78, 5) is 12.8. The molecule has 0 radical (unpaired) electrons. The molecule has 4 heteroatoms. The molecular weight excluding hydrogens is 224 g/mol. The molecule has 0 saturated carbocycles. The van der Waals surface area contributed by atoms with Crippen molar-refractivity contribution in [2.45, 2.75) is 45.1 Å². The second kappa shape index (κ2) is 5.74. The second-order valence-electron chi connectivity index (χ2n) is 5.64. The van der Waals surface area contributed by atoms with Crippen LogP contribution in [0.4, 0.5) is 5.82 Å². The molecule has 1 aliphatic rings. The Morgan fingerprint density at radius 1 is 1.44 bits per heavy atom. The Balaban J connectivity index is 1.95. The molecule has 1 aromatic heterocycles. The summed E-state index contributed by atoms with van der Waals surface area (Å²) in [6.07, 6.45) is 5.61. The van der Waals surface area contributed by atoms with Gasteiger partial charge in [-0.3, -0.25) is 0 Å². The van der Waals surface area contributed by atoms with E-state index in [4.69, 9.17) is 0 Å². The van der Waals surface area contributed by atoms with Crippen LogP contribution in [0.1, 0.15) is 44.9 Å². The van der Waals surface area contributed by atoms with Crippen LogP contribution in [0.3, 0.4) is 0 Å². The first-order valence-electron chi connectivity index (χ1n) is 7.08. The smallest absolute Gasteiger partial charge is 0.126 e. The molecule has 102 valence electrons. The number of nitrogens with one attached hydrogen (secondary N) is 1. The lowest BCUT2D eigenvalue weighted by Crippen LogP contribution is -2.42. The molecule has 0 spiro atoms. The van der Waals surface area contributed by atoms with Crippen LogP contribution in [0.2, 0.25) is 0 Å². The van der Waals surface area contributed by atoms with Gasteiger partial charge < -0.3 is 14.8 Å². The minimum absolute atomic E-state index is 0.526. The Labute approximate surface area is 110 Å². The van der Waals surface area contributed by atoms with Crippen LogP contribution in [0.15, 0.2) is 6.20 Å². The molecule has 2 heterocycles. The van der Waals surface area contributed by atoms with Gasteiger partial charge in [-0.2, -0.15) is 0 Å². The van der Waals surface area contributed by atoms with Crippen molar-refractivity contribution in [2.24, 2.45) is 0 Å². The fourth-order valence-corrected chi connectivity index (χ4v) is 2.55. The first-order chi connectivity index (χ1) is 8.61. The molecule has 1 N–H and O–H groups in total. The topological polar surface area (TPSA) is 35.2 Å². The average Bonchev–Trinajstić information content (AvgIpc) is 2.87. The molecule has 2 rings (SSSR count). The number of hydrogen-bond donors (Lipinski definition) is 1. The maximum Gasteiger partial charge on any atom is 0.126 e. The van der Waals surface area contributed by atoms with Crippen LogP contribution in [-0.2, 0) is 0 Å². The number of aromatic amines is 1. The highest BCUT2D eigenvalue weighted by molar-refractivity contribution is 5.38. The van der Waals surface area contributed by atoms with Crippen LogP contribution >= 0.6 is 0 Å². The predicted octanol–water partition coefficient (Wildman–Crippen LogP) is 2.45. The van der Waals surface area contributed by atoms with Crippen molar-refractivity contribution >= 4 is 5.82 Å². The van der Waals surface area contributed by atoms with E-state index in [1.807, 2.05) is 6.20 Å². The fraction of sp³-hybridized carbons (Fsp3) is 0.786. The van der Waals surface area contributed by atoms with E-state index in [2.05, 4.69) is 47.7 Å². The SMILES string of the molecule is CCC(C)c1ncc(N2CCC(N(C)C)CC2)[nH]1. The van der Waals surface area contributed by atoms with Gasteiger partial charge in [0.05, 0.1) is 6.20 Å². The Bertz CT molecular complexity index is 364. The van der Waals surface area contributed by atoms with Gasteiger partial charge in [0.1, 0.15) is 11.6 Å². The average molecular weight is 250 g/mol. The van der Waals surface area contributed by atoms with E-state index >= 15 is 0 Å². The van der Waals surface area contributed by atoms with Gasteiger partial charge in [0.25, 0.3) is 0 Å². The van der Waals surface area contributed by atoms with Gasteiger partial charge >= 0.3 is 0 Å². The first-order valence-corrected chi connectivity index (χ1v) is 7.08. The normalized spacial score (nSPS) is 19.5. The summed E-state index contributed by atoms with van der Waals surface area (Å²) >= 11 is 0. The van der Waals surface area contributed by atoms with Crippen molar-refractivity contribution in [3.05, 3.63) is 12.0 Å². The third-order valence-electron chi connectivity index (χ3n) is 4.20. The lowest BCUT2D eigenvalue weighted by molar-refractivity contribution is 0.249. The van der Waals surface area contributed by atoms with E-state index in [-0.39, 0.29) is 0 Å². The van der Waals surface area contributed by atoms with Crippen molar-refractivity contribution in [2.75, 3.05) is 32.1 Å². The van der Waals surface area contributed by atoms with Crippen LogP contribution in [0, 0.1) is 0 Å². The molecule has 0 aliphatic carbocycles. The molecule has 1 aromatic rings. The largest absolute Gasteiger partial charge is 0.357 e. The van der Waals surface area contributed by atoms with Gasteiger partial charge in [0.2, 0.25) is 0 Å². The molecule has 4 nitrogen and oxygen atoms in total. The minimum atomic E-state index is 0.526. The van der Waals surface area contributed by atoms with E-state index in [9.17, 15) is 0 Å². The number of piperidine rings is 1. The van der Waals surface area contributed by atoms with Crippen LogP contribution < -0.4 is 4.90 Å². The highest BCUT2D eigenvalue weighted by atomic mass is 15.2. The van der Waals surface area contributed by atoms with Gasteiger partial charge in [-0.1, -0.05) is 13.8 Å². The summed E-state index contributed by atoms with van der Waals surface area (Å²) in [5.74, 6) is 2.85. The number of imidazole rings is 1. The molecule has 0 amide bonds. The molecule has 1 aliphatic heterocycles. The number of rotatable bonds is 4. The Kier molecular flexibility index (Phi) is 4.27. The fourth-order valence-electron chi connectivity index (χ4n) is 2.55. The summed E-state index contributed by atoms with van der Waals surface area (Å²) in [6, 6.07) is 0.734. The van der Waals surface area contributed by atoms with Crippen LogP contribution in [0.5, 0.6) is 0 Å². The highest BCUT2D eigenvalue weighted by Gasteiger charge is 2.22. The lowest BCUT2D eigenvalue weighted by atomic mass is 10.0. The van der Waals surface area contributed by atoms with Crippen molar-refractivity contribution in [1.29, 1.82) is 0 Å². The van der Waals surface area contributed by atoms with E-state index in [0.29, 0.717) is 5.92 Å². The molecule has 1 saturated heterocycles. The zero-order chi connectivity index (χ0) is 13.1. The molecule has 1 atom stereocenters. The third kappa shape index (κ3) is 2.86. The maximum absolute atomic E-state index is 4.51. The number of aromatic nitrogens is 2. The van der Waals surface area contributed by atoms with Gasteiger partial charge in [-0.05, 0) is 33.4 Å². The summed E-state index contributed by atoms with van der Waals surface area (Å²) < 4.78 is 0. The van der Waals surface area contributed by atoms with Crippen molar-refractivity contribution in [3.63, 3.8) is 0 Å². The van der Waals surface area contributed by atoms with Crippen LogP contribution in [-0.4, -0.2) is 48.1 Å². The van der Waals surface area contributed by atoms with E-state index in [0.717, 1.165) is 31.4 Å². The quantitative estimate of drug-likeness (QED) is 0.891. The Morgan fingerprint density at radius 2 is 2.11 bits per heavy atom. The predicted molar refractivity (Wildman–Crippen MR) is 76.2 cm³/mol. The zero-order valence-electron chi connectivity index (χ0n) is 12.1. The van der Waals surface area contributed by atoms with Gasteiger partial charge in [-0.15, -0.1) is 0 Å². The molecular formula is C14H26N4. The first kappa shape index (κ1) is 13.4. The maximum atomic E-state index is 4.51. The highest BCUT2D eigenvalue weighted by Crippen LogP contribution is 2.23. The van der Waals surface area contributed by atoms with E-state index < -0.39 is 0 Å². The van der Waals surface area contributed by atoms with Crippen molar-refractivity contribution in [3.8, 4) is 0 Å². The van der Waals surface area contributed by atoms with E-state index in [1.54, 1.807) is 0 Å². The molecule has 18 heavy (non-hydrogen) atoms. The summed E-state index contributed by atoms with van der Waals surface area (Å²) in [5.41, 5.74) is 0. The summed E-state index contributed by atoms with van der Waals surface area (Å²) in [7, 11) is 4.36. The summed E-state index contributed by atoms with van der Waals surface area (Å²) in [5, 5.41) is 0. The number of H-pyrrole nitrogens is 1. The van der Waals surface area contributed by atoms with Gasteiger partial charge in [0.15, 0.2) is 0 Å². The Morgan fingerprint density at radius 3 is 2.67 bits per heavy atom. The number of nitrogens with zero attached hydrogens (tertiary/aromatic N) is 3. The van der Waals surface area contributed by atoms with Crippen molar-refractivity contribution < 1.29 is 0 Å². The molecule has 1 fully saturated rings. The standard InChI is InChI=1S/C14H26N4/c1-5-11(2)14-15-10-13(16-14)18-8-6-12(7-9-18)17(3)4/h10-12H,5-9H2,1-4H3,(H,15,16). The van der Waals surface area contributed by atoms with Crippen LogP contribution in [0.25, 0.3) is 0 Å². The molecule has 1 unspecified atom stereocenters. The summed E-state index contributed by atoms with van der Waals surface area (Å²) in [6.45, 7) is 6.69. The van der Waals surface area contributed by atoms with Gasteiger partial charge in [-0.25, -0.2) is 4.98 Å². The zero-order valence-corrected chi connectivity index (χ0v) is 12.1. The van der Waals surface area contributed by atoms with Crippen molar-refractivity contribution in [1.82, 2.24) is 14.9 Å². The minimum Gasteiger partial charge on any atom is -0.357 e.